The van der Waals surface area contributed by atoms with Crippen molar-refractivity contribution in [3.8, 4) is 5.75 Å². The van der Waals surface area contributed by atoms with Crippen LogP contribution in [0.3, 0.4) is 0 Å². The molecular formula is C14H19N3O4. The summed E-state index contributed by atoms with van der Waals surface area (Å²) >= 11 is 0. The fourth-order valence-electron chi connectivity index (χ4n) is 2.22. The van der Waals surface area contributed by atoms with E-state index in [4.69, 9.17) is 9.84 Å². The summed E-state index contributed by atoms with van der Waals surface area (Å²) in [4.78, 5) is 26.0. The summed E-state index contributed by atoms with van der Waals surface area (Å²) in [6.45, 7) is 2.21. The fraction of sp³-hybridized carbons (Fsp3) is 0.429. The lowest BCUT2D eigenvalue weighted by molar-refractivity contribution is -0.135. The minimum absolute atomic E-state index is 0.327. The smallest absolute Gasteiger partial charge is 0.323 e. The van der Waals surface area contributed by atoms with Gasteiger partial charge in [0, 0.05) is 31.9 Å². The van der Waals surface area contributed by atoms with Crippen molar-refractivity contribution in [1.82, 2.24) is 10.2 Å². The highest BCUT2D eigenvalue weighted by atomic mass is 16.5. The molecule has 0 unspecified atom stereocenters. The number of nitrogens with zero attached hydrogens (tertiary/aromatic N) is 2. The minimum Gasteiger partial charge on any atom is -0.497 e. The Balaban J connectivity index is 1.84. The number of anilines is 1. The molecule has 0 aliphatic carbocycles. The van der Waals surface area contributed by atoms with Crippen molar-refractivity contribution in [1.29, 1.82) is 0 Å². The summed E-state index contributed by atoms with van der Waals surface area (Å²) in [5, 5.41) is 10.9. The number of rotatable bonds is 4. The Kier molecular flexibility index (Phi) is 4.86. The van der Waals surface area contributed by atoms with Gasteiger partial charge in [-0.1, -0.05) is 0 Å². The van der Waals surface area contributed by atoms with Crippen molar-refractivity contribution in [2.75, 3.05) is 44.7 Å². The van der Waals surface area contributed by atoms with Crippen LogP contribution < -0.4 is 15.0 Å². The molecule has 114 valence electrons. The highest BCUT2D eigenvalue weighted by Crippen LogP contribution is 2.20. The zero-order chi connectivity index (χ0) is 15.2. The number of carbonyl (C=O) groups excluding carboxylic acids is 1. The number of methoxy groups -OCH3 is 1. The van der Waals surface area contributed by atoms with E-state index in [1.807, 2.05) is 24.3 Å². The molecule has 0 spiro atoms. The third-order valence-corrected chi connectivity index (χ3v) is 3.40. The van der Waals surface area contributed by atoms with E-state index in [2.05, 4.69) is 10.2 Å². The van der Waals surface area contributed by atoms with E-state index in [1.165, 1.54) is 0 Å². The van der Waals surface area contributed by atoms with Gasteiger partial charge in [-0.25, -0.2) is 4.79 Å². The van der Waals surface area contributed by atoms with Crippen molar-refractivity contribution < 1.29 is 19.4 Å². The topological polar surface area (TPSA) is 82.1 Å². The van der Waals surface area contributed by atoms with Crippen LogP contribution in [0.5, 0.6) is 5.75 Å². The quantitative estimate of drug-likeness (QED) is 0.850. The zero-order valence-corrected chi connectivity index (χ0v) is 11.9. The number of carboxylic acid groups (broad SMARTS) is 1. The summed E-state index contributed by atoms with van der Waals surface area (Å²) in [5.41, 5.74) is 1.08. The van der Waals surface area contributed by atoms with Crippen LogP contribution in [-0.4, -0.2) is 61.8 Å². The number of piperazine rings is 1. The highest BCUT2D eigenvalue weighted by molar-refractivity contribution is 5.80. The molecule has 7 nitrogen and oxygen atoms in total. The van der Waals surface area contributed by atoms with Crippen molar-refractivity contribution in [3.63, 3.8) is 0 Å². The molecule has 7 heteroatoms. The maximum atomic E-state index is 11.7. The highest BCUT2D eigenvalue weighted by Gasteiger charge is 2.21. The summed E-state index contributed by atoms with van der Waals surface area (Å²) < 4.78 is 5.12. The molecule has 21 heavy (non-hydrogen) atoms. The summed E-state index contributed by atoms with van der Waals surface area (Å²) in [5.74, 6) is -0.231. The number of benzene rings is 1. The SMILES string of the molecule is COc1ccc(N2CCN(C(=O)NCC(=O)O)CC2)cc1. The van der Waals surface area contributed by atoms with Crippen molar-refractivity contribution >= 4 is 17.7 Å². The van der Waals surface area contributed by atoms with E-state index in [-0.39, 0.29) is 12.6 Å². The van der Waals surface area contributed by atoms with Gasteiger partial charge in [0.2, 0.25) is 0 Å². The number of amides is 2. The van der Waals surface area contributed by atoms with Gasteiger partial charge in [-0.05, 0) is 24.3 Å². The molecule has 1 heterocycles. The normalized spacial score (nSPS) is 14.7. The second kappa shape index (κ2) is 6.83. The van der Waals surface area contributed by atoms with Crippen molar-refractivity contribution in [2.45, 2.75) is 0 Å². The van der Waals surface area contributed by atoms with Crippen LogP contribution in [0.15, 0.2) is 24.3 Å². The number of carbonyl (C=O) groups is 2. The third kappa shape index (κ3) is 4.01. The Morgan fingerprint density at radius 1 is 1.19 bits per heavy atom. The Morgan fingerprint density at radius 2 is 1.81 bits per heavy atom. The second-order valence-electron chi connectivity index (χ2n) is 4.72. The van der Waals surface area contributed by atoms with E-state index >= 15 is 0 Å². The molecule has 1 aromatic rings. The van der Waals surface area contributed by atoms with Crippen LogP contribution in [-0.2, 0) is 4.79 Å². The number of hydrogen-bond acceptors (Lipinski definition) is 4. The molecule has 0 atom stereocenters. The van der Waals surface area contributed by atoms with Gasteiger partial charge in [-0.15, -0.1) is 0 Å². The van der Waals surface area contributed by atoms with Gasteiger partial charge >= 0.3 is 12.0 Å². The maximum absolute atomic E-state index is 11.7. The third-order valence-electron chi connectivity index (χ3n) is 3.40. The molecule has 0 saturated carbocycles. The van der Waals surface area contributed by atoms with E-state index in [0.29, 0.717) is 26.2 Å². The van der Waals surface area contributed by atoms with E-state index < -0.39 is 5.97 Å². The first kappa shape index (κ1) is 15.0. The molecule has 2 amide bonds. The number of aliphatic carboxylic acids is 1. The van der Waals surface area contributed by atoms with Crippen LogP contribution in [0.4, 0.5) is 10.5 Å². The lowest BCUT2D eigenvalue weighted by Gasteiger charge is -2.36. The van der Waals surface area contributed by atoms with Gasteiger partial charge in [0.25, 0.3) is 0 Å². The first-order valence-electron chi connectivity index (χ1n) is 6.73. The van der Waals surface area contributed by atoms with Gasteiger partial charge < -0.3 is 25.0 Å². The largest absolute Gasteiger partial charge is 0.497 e. The lowest BCUT2D eigenvalue weighted by Crippen LogP contribution is -2.52. The molecular weight excluding hydrogens is 274 g/mol. The molecule has 0 radical (unpaired) electrons. The van der Waals surface area contributed by atoms with Crippen LogP contribution in [0.2, 0.25) is 0 Å². The number of carboxylic acids is 1. The number of nitrogens with one attached hydrogen (secondary N) is 1. The number of urea groups is 1. The molecule has 1 fully saturated rings. The number of hydrogen-bond donors (Lipinski definition) is 2. The fourth-order valence-corrected chi connectivity index (χ4v) is 2.22. The van der Waals surface area contributed by atoms with Gasteiger partial charge in [0.1, 0.15) is 12.3 Å². The molecule has 0 aromatic heterocycles. The molecule has 2 rings (SSSR count). The summed E-state index contributed by atoms with van der Waals surface area (Å²) in [6.07, 6.45) is 0. The van der Waals surface area contributed by atoms with Crippen molar-refractivity contribution in [3.05, 3.63) is 24.3 Å². The van der Waals surface area contributed by atoms with Gasteiger partial charge in [-0.3, -0.25) is 4.79 Å². The van der Waals surface area contributed by atoms with Crippen LogP contribution >= 0.6 is 0 Å². The Labute approximate surface area is 123 Å². The summed E-state index contributed by atoms with van der Waals surface area (Å²) in [7, 11) is 1.63. The first-order chi connectivity index (χ1) is 10.1. The monoisotopic (exact) mass is 293 g/mol. The minimum atomic E-state index is -1.04. The van der Waals surface area contributed by atoms with E-state index in [1.54, 1.807) is 12.0 Å². The average Bonchev–Trinajstić information content (AvgIpc) is 2.53. The summed E-state index contributed by atoms with van der Waals surface area (Å²) in [6, 6.07) is 7.45. The van der Waals surface area contributed by atoms with Crippen LogP contribution in [0.25, 0.3) is 0 Å². The molecule has 2 N–H and O–H groups in total. The molecule has 1 saturated heterocycles. The predicted octanol–water partition coefficient (Wildman–Crippen LogP) is 0.611. The number of ether oxygens (including phenoxy) is 1. The molecule has 1 aromatic carbocycles. The zero-order valence-electron chi connectivity index (χ0n) is 11.9. The lowest BCUT2D eigenvalue weighted by atomic mass is 10.2. The van der Waals surface area contributed by atoms with E-state index in [9.17, 15) is 9.59 Å². The maximum Gasteiger partial charge on any atom is 0.323 e. The average molecular weight is 293 g/mol. The standard InChI is InChI=1S/C14H19N3O4/c1-21-12-4-2-11(3-5-12)16-6-8-17(9-7-16)14(20)15-10-13(18)19/h2-5H,6-10H2,1H3,(H,15,20)(H,18,19). The van der Waals surface area contributed by atoms with Gasteiger partial charge in [0.05, 0.1) is 7.11 Å². The Bertz CT molecular complexity index is 495. The predicted molar refractivity (Wildman–Crippen MR) is 77.8 cm³/mol. The van der Waals surface area contributed by atoms with Crippen LogP contribution in [0.1, 0.15) is 0 Å². The second-order valence-corrected chi connectivity index (χ2v) is 4.72. The first-order valence-corrected chi connectivity index (χ1v) is 6.73. The Morgan fingerprint density at radius 3 is 2.33 bits per heavy atom. The van der Waals surface area contributed by atoms with Gasteiger partial charge in [-0.2, -0.15) is 0 Å². The van der Waals surface area contributed by atoms with Crippen LogP contribution in [0, 0.1) is 0 Å². The molecule has 0 bridgehead atoms. The van der Waals surface area contributed by atoms with Crippen molar-refractivity contribution in [2.24, 2.45) is 0 Å². The molecule has 1 aliphatic rings. The van der Waals surface area contributed by atoms with Gasteiger partial charge in [0.15, 0.2) is 0 Å². The molecule has 1 aliphatic heterocycles. The van der Waals surface area contributed by atoms with E-state index in [0.717, 1.165) is 11.4 Å². The Hall–Kier alpha value is -2.44.